The fraction of sp³-hybridized carbons (Fsp3) is 0.333. The van der Waals surface area contributed by atoms with Crippen LogP contribution in [0, 0.1) is 0 Å². The zero-order valence-electron chi connectivity index (χ0n) is 12.1. The molecule has 108 valence electrons. The summed E-state index contributed by atoms with van der Waals surface area (Å²) in [7, 11) is 0. The number of aromatic nitrogens is 1. The maximum atomic E-state index is 12.7. The number of amides is 1. The molecule has 0 bridgehead atoms. The van der Waals surface area contributed by atoms with Crippen molar-refractivity contribution in [3.63, 3.8) is 0 Å². The van der Waals surface area contributed by atoms with Gasteiger partial charge in [-0.3, -0.25) is 9.78 Å². The molecule has 1 aliphatic rings. The van der Waals surface area contributed by atoms with E-state index in [4.69, 9.17) is 0 Å². The van der Waals surface area contributed by atoms with E-state index in [1.54, 1.807) is 12.4 Å². The van der Waals surface area contributed by atoms with E-state index in [1.165, 1.54) is 12.0 Å². The molecule has 0 saturated carbocycles. The van der Waals surface area contributed by atoms with Gasteiger partial charge >= 0.3 is 0 Å². The summed E-state index contributed by atoms with van der Waals surface area (Å²) in [5, 5.41) is 0. The van der Waals surface area contributed by atoms with E-state index in [9.17, 15) is 4.79 Å². The molecule has 3 nitrogen and oxygen atoms in total. The molecule has 3 heteroatoms. The number of rotatable bonds is 3. The van der Waals surface area contributed by atoms with Crippen LogP contribution in [-0.2, 0) is 6.42 Å². The van der Waals surface area contributed by atoms with Crippen LogP contribution in [0.15, 0.2) is 54.9 Å². The van der Waals surface area contributed by atoms with Crippen molar-refractivity contribution < 1.29 is 4.79 Å². The summed E-state index contributed by atoms with van der Waals surface area (Å²) in [4.78, 5) is 18.8. The molecular weight excluding hydrogens is 260 g/mol. The van der Waals surface area contributed by atoms with Crippen LogP contribution in [0.3, 0.4) is 0 Å². The number of hydrogen-bond acceptors (Lipinski definition) is 2. The normalized spacial score (nSPS) is 18.5. The zero-order chi connectivity index (χ0) is 14.5. The van der Waals surface area contributed by atoms with Gasteiger partial charge in [-0.25, -0.2) is 0 Å². The van der Waals surface area contributed by atoms with Crippen LogP contribution >= 0.6 is 0 Å². The van der Waals surface area contributed by atoms with Crippen LogP contribution in [0.2, 0.25) is 0 Å². The smallest absolute Gasteiger partial charge is 0.255 e. The summed E-state index contributed by atoms with van der Waals surface area (Å²) in [5.41, 5.74) is 1.99. The largest absolute Gasteiger partial charge is 0.335 e. The SMILES string of the molecule is O=C(c1cccnc1)N1CCCC[C@@H]1Cc1ccccc1. The minimum absolute atomic E-state index is 0.115. The zero-order valence-corrected chi connectivity index (χ0v) is 12.1. The van der Waals surface area contributed by atoms with Gasteiger partial charge in [-0.1, -0.05) is 30.3 Å². The molecule has 0 spiro atoms. The molecule has 21 heavy (non-hydrogen) atoms. The second kappa shape index (κ2) is 6.53. The van der Waals surface area contributed by atoms with Gasteiger partial charge in [-0.2, -0.15) is 0 Å². The van der Waals surface area contributed by atoms with Crippen molar-refractivity contribution in [2.75, 3.05) is 6.54 Å². The summed E-state index contributed by atoms with van der Waals surface area (Å²) >= 11 is 0. The Labute approximate surface area is 125 Å². The highest BCUT2D eigenvalue weighted by molar-refractivity contribution is 5.94. The van der Waals surface area contributed by atoms with Crippen molar-refractivity contribution in [3.05, 3.63) is 66.0 Å². The Hall–Kier alpha value is -2.16. The van der Waals surface area contributed by atoms with Crippen molar-refractivity contribution in [2.45, 2.75) is 31.7 Å². The van der Waals surface area contributed by atoms with Gasteiger partial charge in [-0.15, -0.1) is 0 Å². The standard InChI is InChI=1S/C18H20N2O/c21-18(16-9-6-11-19-14-16)20-12-5-4-10-17(20)13-15-7-2-1-3-8-15/h1-3,6-9,11,14,17H,4-5,10,12-13H2/t17-/m1/s1. The van der Waals surface area contributed by atoms with Gasteiger partial charge in [0.05, 0.1) is 5.56 Å². The minimum atomic E-state index is 0.115. The maximum Gasteiger partial charge on any atom is 0.255 e. The summed E-state index contributed by atoms with van der Waals surface area (Å²) in [5.74, 6) is 0.115. The number of carbonyl (C=O) groups is 1. The summed E-state index contributed by atoms with van der Waals surface area (Å²) in [6, 6.07) is 14.4. The maximum absolute atomic E-state index is 12.7. The van der Waals surface area contributed by atoms with Gasteiger partial charge in [0, 0.05) is 25.0 Å². The van der Waals surface area contributed by atoms with Crippen LogP contribution in [0.4, 0.5) is 0 Å². The molecule has 3 rings (SSSR count). The first-order chi connectivity index (χ1) is 10.3. The third-order valence-electron chi connectivity index (χ3n) is 4.11. The molecule has 1 saturated heterocycles. The molecule has 0 aliphatic carbocycles. The van der Waals surface area contributed by atoms with E-state index < -0.39 is 0 Å². The molecule has 1 amide bonds. The average Bonchev–Trinajstić information content (AvgIpc) is 2.56. The second-order valence-corrected chi connectivity index (χ2v) is 5.58. The van der Waals surface area contributed by atoms with Gasteiger partial charge in [0.25, 0.3) is 5.91 Å². The molecule has 0 unspecified atom stereocenters. The first-order valence-corrected chi connectivity index (χ1v) is 7.59. The summed E-state index contributed by atoms with van der Waals surface area (Å²) < 4.78 is 0. The quantitative estimate of drug-likeness (QED) is 0.864. The lowest BCUT2D eigenvalue weighted by atomic mass is 9.95. The van der Waals surface area contributed by atoms with Gasteiger partial charge in [0.15, 0.2) is 0 Å². The second-order valence-electron chi connectivity index (χ2n) is 5.58. The van der Waals surface area contributed by atoms with Crippen LogP contribution in [0.1, 0.15) is 35.2 Å². The first kappa shape index (κ1) is 13.8. The van der Waals surface area contributed by atoms with Gasteiger partial charge in [-0.05, 0) is 43.4 Å². The highest BCUT2D eigenvalue weighted by atomic mass is 16.2. The van der Waals surface area contributed by atoms with Crippen LogP contribution in [-0.4, -0.2) is 28.4 Å². The fourth-order valence-electron chi connectivity index (χ4n) is 3.02. The van der Waals surface area contributed by atoms with Gasteiger partial charge in [0.1, 0.15) is 0 Å². The van der Waals surface area contributed by atoms with Crippen molar-refractivity contribution in [1.82, 2.24) is 9.88 Å². The Morgan fingerprint density at radius 1 is 1.14 bits per heavy atom. The van der Waals surface area contributed by atoms with Crippen molar-refractivity contribution in [2.24, 2.45) is 0 Å². The van der Waals surface area contributed by atoms with E-state index in [-0.39, 0.29) is 5.91 Å². The average molecular weight is 280 g/mol. The van der Waals surface area contributed by atoms with E-state index in [0.29, 0.717) is 11.6 Å². The van der Waals surface area contributed by atoms with Crippen LogP contribution in [0.25, 0.3) is 0 Å². The third-order valence-corrected chi connectivity index (χ3v) is 4.11. The summed E-state index contributed by atoms with van der Waals surface area (Å²) in [6.07, 6.45) is 7.68. The molecule has 1 atom stereocenters. The van der Waals surface area contributed by atoms with Crippen LogP contribution in [0.5, 0.6) is 0 Å². The van der Waals surface area contributed by atoms with E-state index >= 15 is 0 Å². The van der Waals surface area contributed by atoms with Crippen molar-refractivity contribution in [1.29, 1.82) is 0 Å². The highest BCUT2D eigenvalue weighted by Crippen LogP contribution is 2.22. The number of pyridine rings is 1. The Morgan fingerprint density at radius 2 is 2.00 bits per heavy atom. The third kappa shape index (κ3) is 3.30. The number of hydrogen-bond donors (Lipinski definition) is 0. The van der Waals surface area contributed by atoms with E-state index in [0.717, 1.165) is 25.8 Å². The Kier molecular flexibility index (Phi) is 4.29. The molecule has 1 aliphatic heterocycles. The molecule has 1 fully saturated rings. The summed E-state index contributed by atoms with van der Waals surface area (Å²) in [6.45, 7) is 0.852. The number of benzene rings is 1. The predicted octanol–water partition coefficient (Wildman–Crippen LogP) is 3.32. The predicted molar refractivity (Wildman–Crippen MR) is 83.1 cm³/mol. The Morgan fingerprint density at radius 3 is 2.76 bits per heavy atom. The van der Waals surface area contributed by atoms with Gasteiger partial charge < -0.3 is 4.90 Å². The highest BCUT2D eigenvalue weighted by Gasteiger charge is 2.27. The Bertz CT molecular complexity index is 583. The molecule has 1 aromatic carbocycles. The molecule has 2 aromatic rings. The number of piperidine rings is 1. The molecule has 2 heterocycles. The lowest BCUT2D eigenvalue weighted by molar-refractivity contribution is 0.0613. The molecular formula is C18H20N2O. The fourth-order valence-corrected chi connectivity index (χ4v) is 3.02. The number of nitrogens with zero attached hydrogens (tertiary/aromatic N) is 2. The van der Waals surface area contributed by atoms with E-state index in [2.05, 4.69) is 29.2 Å². The Balaban J connectivity index is 1.77. The van der Waals surface area contributed by atoms with Crippen LogP contribution < -0.4 is 0 Å². The van der Waals surface area contributed by atoms with Gasteiger partial charge in [0.2, 0.25) is 0 Å². The molecule has 0 N–H and O–H groups in total. The lowest BCUT2D eigenvalue weighted by Gasteiger charge is -2.36. The lowest BCUT2D eigenvalue weighted by Crippen LogP contribution is -2.44. The number of carbonyl (C=O) groups excluding carboxylic acids is 1. The minimum Gasteiger partial charge on any atom is -0.335 e. The number of likely N-dealkylation sites (tertiary alicyclic amines) is 1. The van der Waals surface area contributed by atoms with E-state index in [1.807, 2.05) is 23.1 Å². The van der Waals surface area contributed by atoms with Crippen molar-refractivity contribution >= 4 is 5.91 Å². The molecule has 0 radical (unpaired) electrons. The first-order valence-electron chi connectivity index (χ1n) is 7.59. The monoisotopic (exact) mass is 280 g/mol. The molecule has 1 aromatic heterocycles. The van der Waals surface area contributed by atoms with Crippen molar-refractivity contribution in [3.8, 4) is 0 Å². The topological polar surface area (TPSA) is 33.2 Å².